The lowest BCUT2D eigenvalue weighted by Gasteiger charge is -2.06. The fraction of sp³-hybridized carbons (Fsp3) is 0.500. The van der Waals surface area contributed by atoms with Gasteiger partial charge >= 0.3 is 0 Å². The summed E-state index contributed by atoms with van der Waals surface area (Å²) in [4.78, 5) is 11.5. The van der Waals surface area contributed by atoms with Crippen LogP contribution in [0.3, 0.4) is 0 Å². The van der Waals surface area contributed by atoms with Gasteiger partial charge in [0.15, 0.2) is 0 Å². The number of nitrogens with one attached hydrogen (secondary N) is 2. The van der Waals surface area contributed by atoms with Gasteiger partial charge in [0.05, 0.1) is 6.54 Å². The molecular formula is C14H22N2OS. The molecule has 1 rings (SSSR count). The largest absolute Gasteiger partial charge is 0.351 e. The highest BCUT2D eigenvalue weighted by Crippen LogP contribution is 1.99. The van der Waals surface area contributed by atoms with E-state index in [9.17, 15) is 4.79 Å². The average molecular weight is 266 g/mol. The van der Waals surface area contributed by atoms with Crippen LogP contribution in [0.1, 0.15) is 18.9 Å². The Morgan fingerprint density at radius 3 is 2.78 bits per heavy atom. The molecule has 1 amide bonds. The van der Waals surface area contributed by atoms with Crippen LogP contribution in [0.25, 0.3) is 0 Å². The van der Waals surface area contributed by atoms with Gasteiger partial charge in [-0.25, -0.2) is 0 Å². The van der Waals surface area contributed by atoms with Crippen molar-refractivity contribution >= 4 is 17.7 Å². The fourth-order valence-electron chi connectivity index (χ4n) is 1.50. The van der Waals surface area contributed by atoms with Gasteiger partial charge in [0.2, 0.25) is 5.91 Å². The van der Waals surface area contributed by atoms with Crippen LogP contribution in [0, 0.1) is 0 Å². The maximum absolute atomic E-state index is 11.5. The molecule has 0 bridgehead atoms. The summed E-state index contributed by atoms with van der Waals surface area (Å²) in [5.41, 5.74) is 1.13. The molecule has 4 heteroatoms. The van der Waals surface area contributed by atoms with E-state index in [1.807, 2.05) is 42.1 Å². The predicted molar refractivity (Wildman–Crippen MR) is 78.8 cm³/mol. The molecule has 0 aromatic heterocycles. The van der Waals surface area contributed by atoms with E-state index < -0.39 is 0 Å². The van der Waals surface area contributed by atoms with Crippen molar-refractivity contribution in [2.24, 2.45) is 0 Å². The smallest absolute Gasteiger partial charge is 0.234 e. The SMILES string of the molecule is CCSCCCNCC(=O)NCc1ccccc1. The summed E-state index contributed by atoms with van der Waals surface area (Å²) in [7, 11) is 0. The molecule has 0 atom stereocenters. The van der Waals surface area contributed by atoms with E-state index in [1.165, 1.54) is 0 Å². The van der Waals surface area contributed by atoms with Gasteiger partial charge in [-0.05, 0) is 30.0 Å². The minimum absolute atomic E-state index is 0.0574. The van der Waals surface area contributed by atoms with Gasteiger partial charge in [0, 0.05) is 6.54 Å². The number of amides is 1. The standard InChI is InChI=1S/C14H22N2OS/c1-2-18-10-6-9-15-12-14(17)16-11-13-7-4-3-5-8-13/h3-5,7-8,15H,2,6,9-12H2,1H3,(H,16,17). The molecule has 100 valence electrons. The Bertz CT molecular complexity index is 330. The van der Waals surface area contributed by atoms with Gasteiger partial charge in [-0.1, -0.05) is 37.3 Å². The zero-order chi connectivity index (χ0) is 13.1. The summed E-state index contributed by atoms with van der Waals surface area (Å²) in [6.45, 7) is 4.08. The van der Waals surface area contributed by atoms with Gasteiger partial charge in [-0.3, -0.25) is 4.79 Å². The first kappa shape index (κ1) is 15.1. The Kier molecular flexibility index (Phi) is 8.34. The molecule has 0 heterocycles. The van der Waals surface area contributed by atoms with Crippen LogP contribution in [0.2, 0.25) is 0 Å². The van der Waals surface area contributed by atoms with E-state index in [1.54, 1.807) is 0 Å². The monoisotopic (exact) mass is 266 g/mol. The van der Waals surface area contributed by atoms with Crippen molar-refractivity contribution in [3.05, 3.63) is 35.9 Å². The summed E-state index contributed by atoms with van der Waals surface area (Å²) in [5.74, 6) is 2.38. The van der Waals surface area contributed by atoms with Crippen LogP contribution >= 0.6 is 11.8 Å². The van der Waals surface area contributed by atoms with E-state index in [-0.39, 0.29) is 5.91 Å². The first-order valence-electron chi connectivity index (χ1n) is 6.42. The third-order valence-corrected chi connectivity index (χ3v) is 3.45. The Morgan fingerprint density at radius 1 is 1.28 bits per heavy atom. The van der Waals surface area contributed by atoms with Crippen molar-refractivity contribution in [2.75, 3.05) is 24.6 Å². The molecule has 2 N–H and O–H groups in total. The summed E-state index contributed by atoms with van der Waals surface area (Å²) < 4.78 is 0. The summed E-state index contributed by atoms with van der Waals surface area (Å²) in [6.07, 6.45) is 1.12. The van der Waals surface area contributed by atoms with Gasteiger partial charge in [0.25, 0.3) is 0 Å². The Hall–Kier alpha value is -1.00. The Balaban J connectivity index is 2.01. The quantitative estimate of drug-likeness (QED) is 0.672. The van der Waals surface area contributed by atoms with Crippen LogP contribution in [0.5, 0.6) is 0 Å². The predicted octanol–water partition coefficient (Wildman–Crippen LogP) is 2.04. The van der Waals surface area contributed by atoms with Crippen molar-refractivity contribution < 1.29 is 4.79 Å². The molecule has 0 saturated carbocycles. The number of hydrogen-bond acceptors (Lipinski definition) is 3. The highest BCUT2D eigenvalue weighted by Gasteiger charge is 1.99. The van der Waals surface area contributed by atoms with Gasteiger partial charge in [0.1, 0.15) is 0 Å². The number of rotatable bonds is 9. The van der Waals surface area contributed by atoms with Crippen molar-refractivity contribution in [3.8, 4) is 0 Å². The van der Waals surface area contributed by atoms with Gasteiger partial charge in [-0.15, -0.1) is 0 Å². The lowest BCUT2D eigenvalue weighted by molar-refractivity contribution is -0.120. The minimum atomic E-state index is 0.0574. The fourth-order valence-corrected chi connectivity index (χ4v) is 2.14. The number of hydrogen-bond donors (Lipinski definition) is 2. The van der Waals surface area contributed by atoms with Crippen molar-refractivity contribution in [3.63, 3.8) is 0 Å². The molecule has 0 spiro atoms. The van der Waals surface area contributed by atoms with Crippen LogP contribution in [0.4, 0.5) is 0 Å². The molecule has 0 radical (unpaired) electrons. The average Bonchev–Trinajstić information content (AvgIpc) is 2.41. The van der Waals surface area contributed by atoms with E-state index in [0.29, 0.717) is 13.1 Å². The first-order chi connectivity index (χ1) is 8.83. The van der Waals surface area contributed by atoms with E-state index >= 15 is 0 Å². The topological polar surface area (TPSA) is 41.1 Å². The van der Waals surface area contributed by atoms with Crippen LogP contribution < -0.4 is 10.6 Å². The molecule has 18 heavy (non-hydrogen) atoms. The van der Waals surface area contributed by atoms with Crippen molar-refractivity contribution in [1.82, 2.24) is 10.6 Å². The molecule has 0 aliphatic carbocycles. The molecule has 0 saturated heterocycles. The molecule has 0 fully saturated rings. The molecule has 1 aromatic rings. The number of carbonyl (C=O) groups is 1. The van der Waals surface area contributed by atoms with Crippen LogP contribution in [-0.2, 0) is 11.3 Å². The molecule has 0 aliphatic rings. The third kappa shape index (κ3) is 7.35. The Labute approximate surface area is 114 Å². The maximum Gasteiger partial charge on any atom is 0.234 e. The van der Waals surface area contributed by atoms with E-state index in [4.69, 9.17) is 0 Å². The van der Waals surface area contributed by atoms with Gasteiger partial charge in [-0.2, -0.15) is 11.8 Å². The molecule has 3 nitrogen and oxygen atoms in total. The van der Waals surface area contributed by atoms with Crippen LogP contribution in [-0.4, -0.2) is 30.5 Å². The molecule has 1 aromatic carbocycles. The minimum Gasteiger partial charge on any atom is -0.351 e. The lowest BCUT2D eigenvalue weighted by Crippen LogP contribution is -2.34. The molecule has 0 aliphatic heterocycles. The highest BCUT2D eigenvalue weighted by atomic mass is 32.2. The lowest BCUT2D eigenvalue weighted by atomic mass is 10.2. The zero-order valence-corrected chi connectivity index (χ0v) is 11.8. The number of benzene rings is 1. The second-order valence-electron chi connectivity index (χ2n) is 3.99. The molecular weight excluding hydrogens is 244 g/mol. The third-order valence-electron chi connectivity index (χ3n) is 2.46. The zero-order valence-electron chi connectivity index (χ0n) is 10.9. The summed E-state index contributed by atoms with van der Waals surface area (Å²) in [6, 6.07) is 9.95. The number of carbonyl (C=O) groups excluding carboxylic acids is 1. The second-order valence-corrected chi connectivity index (χ2v) is 5.38. The normalized spacial score (nSPS) is 10.3. The maximum atomic E-state index is 11.5. The summed E-state index contributed by atoms with van der Waals surface area (Å²) >= 11 is 1.93. The Morgan fingerprint density at radius 2 is 2.06 bits per heavy atom. The van der Waals surface area contributed by atoms with Crippen molar-refractivity contribution in [1.29, 1.82) is 0 Å². The second kappa shape index (κ2) is 9.97. The first-order valence-corrected chi connectivity index (χ1v) is 7.57. The van der Waals surface area contributed by atoms with E-state index in [0.717, 1.165) is 30.0 Å². The number of thioether (sulfide) groups is 1. The molecule has 0 unspecified atom stereocenters. The summed E-state index contributed by atoms with van der Waals surface area (Å²) in [5, 5.41) is 6.05. The van der Waals surface area contributed by atoms with Gasteiger partial charge < -0.3 is 10.6 Å². The van der Waals surface area contributed by atoms with Crippen LogP contribution in [0.15, 0.2) is 30.3 Å². The van der Waals surface area contributed by atoms with E-state index in [2.05, 4.69) is 17.6 Å². The highest BCUT2D eigenvalue weighted by molar-refractivity contribution is 7.99. The van der Waals surface area contributed by atoms with Crippen molar-refractivity contribution in [2.45, 2.75) is 19.9 Å².